The van der Waals surface area contributed by atoms with Crippen molar-refractivity contribution in [3.63, 3.8) is 0 Å². The van der Waals surface area contributed by atoms with Crippen LogP contribution >= 0.6 is 0 Å². The normalized spacial score (nSPS) is 19.9. The highest BCUT2D eigenvalue weighted by molar-refractivity contribution is 5.78. The molecule has 1 aliphatic rings. The van der Waals surface area contributed by atoms with E-state index in [2.05, 4.69) is 24.2 Å². The number of guanidine groups is 1. The van der Waals surface area contributed by atoms with E-state index in [0.29, 0.717) is 24.5 Å². The van der Waals surface area contributed by atoms with E-state index in [1.807, 2.05) is 0 Å². The third-order valence-electron chi connectivity index (χ3n) is 2.35. The summed E-state index contributed by atoms with van der Waals surface area (Å²) in [5, 5.41) is 3.19. The van der Waals surface area contributed by atoms with Crippen LogP contribution in [0.3, 0.4) is 0 Å². The zero-order valence-electron chi connectivity index (χ0n) is 9.29. The molecule has 3 N–H and O–H groups in total. The molecular weight excluding hydrogens is 178 g/mol. The second-order valence-corrected chi connectivity index (χ2v) is 4.20. The van der Waals surface area contributed by atoms with Gasteiger partial charge in [0, 0.05) is 7.11 Å². The van der Waals surface area contributed by atoms with Crippen molar-refractivity contribution in [1.82, 2.24) is 5.32 Å². The molecule has 0 amide bonds. The average molecular weight is 199 g/mol. The van der Waals surface area contributed by atoms with E-state index in [1.54, 1.807) is 7.11 Å². The van der Waals surface area contributed by atoms with Crippen LogP contribution in [0.4, 0.5) is 0 Å². The number of aliphatic imine (C=N–C) groups is 1. The number of nitrogens with zero attached hydrogens (tertiary/aromatic N) is 1. The van der Waals surface area contributed by atoms with E-state index >= 15 is 0 Å². The van der Waals surface area contributed by atoms with Crippen molar-refractivity contribution >= 4 is 5.96 Å². The largest absolute Gasteiger partial charge is 0.383 e. The molecule has 82 valence electrons. The summed E-state index contributed by atoms with van der Waals surface area (Å²) in [5.41, 5.74) is 5.77. The molecule has 0 spiro atoms. The fraction of sp³-hybridized carbons (Fsp3) is 0.900. The average Bonchev–Trinajstić information content (AvgIpc) is 2.87. The number of ether oxygens (including phenoxy) is 1. The van der Waals surface area contributed by atoms with Gasteiger partial charge in [-0.2, -0.15) is 0 Å². The van der Waals surface area contributed by atoms with Gasteiger partial charge in [0.15, 0.2) is 5.96 Å². The maximum absolute atomic E-state index is 5.77. The van der Waals surface area contributed by atoms with Crippen LogP contribution < -0.4 is 11.1 Å². The summed E-state index contributed by atoms with van der Waals surface area (Å²) in [6.45, 7) is 4.95. The Morgan fingerprint density at radius 1 is 1.57 bits per heavy atom. The summed E-state index contributed by atoms with van der Waals surface area (Å²) in [7, 11) is 1.70. The number of nitrogens with two attached hydrogens (primary N) is 1. The summed E-state index contributed by atoms with van der Waals surface area (Å²) in [6.07, 6.45) is 2.36. The van der Waals surface area contributed by atoms with Crippen LogP contribution in [0.2, 0.25) is 0 Å². The smallest absolute Gasteiger partial charge is 0.189 e. The number of nitrogens with one attached hydrogen (secondary N) is 1. The second kappa shape index (κ2) is 5.20. The van der Waals surface area contributed by atoms with Crippen LogP contribution in [0.25, 0.3) is 0 Å². The molecule has 0 saturated heterocycles. The van der Waals surface area contributed by atoms with Crippen molar-refractivity contribution in [2.45, 2.75) is 38.8 Å². The third kappa shape index (κ3) is 3.96. The minimum absolute atomic E-state index is 0.252. The summed E-state index contributed by atoms with van der Waals surface area (Å²) >= 11 is 0. The van der Waals surface area contributed by atoms with Crippen LogP contribution in [0.5, 0.6) is 0 Å². The molecule has 1 rings (SSSR count). The lowest BCUT2D eigenvalue weighted by Gasteiger charge is -2.21. The van der Waals surface area contributed by atoms with Gasteiger partial charge in [0.25, 0.3) is 0 Å². The van der Waals surface area contributed by atoms with Gasteiger partial charge in [-0.1, -0.05) is 13.8 Å². The van der Waals surface area contributed by atoms with Gasteiger partial charge < -0.3 is 15.8 Å². The molecule has 4 heteroatoms. The van der Waals surface area contributed by atoms with Crippen molar-refractivity contribution in [3.8, 4) is 0 Å². The van der Waals surface area contributed by atoms with Gasteiger partial charge in [0.2, 0.25) is 0 Å². The maximum Gasteiger partial charge on any atom is 0.189 e. The molecule has 4 nitrogen and oxygen atoms in total. The first-order valence-electron chi connectivity index (χ1n) is 5.22. The van der Waals surface area contributed by atoms with Gasteiger partial charge in [0.05, 0.1) is 18.7 Å². The Hall–Kier alpha value is -0.770. The summed E-state index contributed by atoms with van der Waals surface area (Å²) in [5.74, 6) is 1.05. The van der Waals surface area contributed by atoms with Crippen LogP contribution in [0, 0.1) is 5.92 Å². The number of methoxy groups -OCH3 is 1. The fourth-order valence-corrected chi connectivity index (χ4v) is 1.21. The van der Waals surface area contributed by atoms with Gasteiger partial charge in [0.1, 0.15) is 0 Å². The first-order chi connectivity index (χ1) is 6.63. The molecule has 0 aliphatic heterocycles. The molecule has 0 bridgehead atoms. The lowest BCUT2D eigenvalue weighted by Crippen LogP contribution is -2.45. The van der Waals surface area contributed by atoms with E-state index in [-0.39, 0.29) is 6.04 Å². The lowest BCUT2D eigenvalue weighted by molar-refractivity contribution is 0.156. The summed E-state index contributed by atoms with van der Waals surface area (Å²) in [4.78, 5) is 4.32. The van der Waals surface area contributed by atoms with Crippen LogP contribution in [0.1, 0.15) is 26.7 Å². The first-order valence-corrected chi connectivity index (χ1v) is 5.22. The van der Waals surface area contributed by atoms with E-state index in [0.717, 1.165) is 0 Å². The highest BCUT2D eigenvalue weighted by Gasteiger charge is 2.21. The summed E-state index contributed by atoms with van der Waals surface area (Å²) < 4.78 is 5.11. The SMILES string of the molecule is COCC(NC(N)=NC1CC1)C(C)C. The maximum atomic E-state index is 5.77. The van der Waals surface area contributed by atoms with E-state index in [1.165, 1.54) is 12.8 Å². The van der Waals surface area contributed by atoms with E-state index < -0.39 is 0 Å². The topological polar surface area (TPSA) is 59.6 Å². The monoisotopic (exact) mass is 199 g/mol. The molecule has 1 atom stereocenters. The highest BCUT2D eigenvalue weighted by atomic mass is 16.5. The quantitative estimate of drug-likeness (QED) is 0.507. The molecule has 1 unspecified atom stereocenters. The van der Waals surface area contributed by atoms with Gasteiger partial charge in [-0.15, -0.1) is 0 Å². The molecule has 0 radical (unpaired) electrons. The fourth-order valence-electron chi connectivity index (χ4n) is 1.21. The Kier molecular flexibility index (Phi) is 4.20. The van der Waals surface area contributed by atoms with Crippen molar-refractivity contribution in [2.24, 2.45) is 16.6 Å². The van der Waals surface area contributed by atoms with Gasteiger partial charge in [-0.05, 0) is 18.8 Å². The van der Waals surface area contributed by atoms with Crippen molar-refractivity contribution < 1.29 is 4.74 Å². The summed E-state index contributed by atoms with van der Waals surface area (Å²) in [6, 6.07) is 0.723. The Morgan fingerprint density at radius 3 is 2.64 bits per heavy atom. The number of hydrogen-bond donors (Lipinski definition) is 2. The van der Waals surface area contributed by atoms with Crippen molar-refractivity contribution in [3.05, 3.63) is 0 Å². The Labute approximate surface area is 85.9 Å². The standard InChI is InChI=1S/C10H21N3O/c1-7(2)9(6-14-3)13-10(11)12-8-4-5-8/h7-9H,4-6H2,1-3H3,(H3,11,12,13). The Morgan fingerprint density at radius 2 is 2.21 bits per heavy atom. The zero-order valence-corrected chi connectivity index (χ0v) is 9.29. The third-order valence-corrected chi connectivity index (χ3v) is 2.35. The predicted molar refractivity (Wildman–Crippen MR) is 58.3 cm³/mol. The second-order valence-electron chi connectivity index (χ2n) is 4.20. The van der Waals surface area contributed by atoms with Crippen LogP contribution in [-0.4, -0.2) is 31.8 Å². The molecule has 1 fully saturated rings. The molecule has 0 heterocycles. The molecule has 14 heavy (non-hydrogen) atoms. The molecule has 0 aromatic rings. The molecular formula is C10H21N3O. The number of hydrogen-bond acceptors (Lipinski definition) is 2. The molecule has 0 aromatic heterocycles. The zero-order chi connectivity index (χ0) is 10.6. The van der Waals surface area contributed by atoms with Crippen molar-refractivity contribution in [1.29, 1.82) is 0 Å². The molecule has 0 aromatic carbocycles. The predicted octanol–water partition coefficient (Wildman–Crippen LogP) is 0.724. The number of rotatable bonds is 5. The van der Waals surface area contributed by atoms with E-state index in [4.69, 9.17) is 10.5 Å². The lowest BCUT2D eigenvalue weighted by atomic mass is 10.1. The van der Waals surface area contributed by atoms with Gasteiger partial charge in [-0.3, -0.25) is 4.99 Å². The Balaban J connectivity index is 2.36. The minimum Gasteiger partial charge on any atom is -0.383 e. The van der Waals surface area contributed by atoms with Crippen molar-refractivity contribution in [2.75, 3.05) is 13.7 Å². The van der Waals surface area contributed by atoms with Crippen LogP contribution in [-0.2, 0) is 4.74 Å². The first kappa shape index (κ1) is 11.3. The molecule has 1 aliphatic carbocycles. The Bertz CT molecular complexity index is 200. The van der Waals surface area contributed by atoms with E-state index in [9.17, 15) is 0 Å². The highest BCUT2D eigenvalue weighted by Crippen LogP contribution is 2.23. The van der Waals surface area contributed by atoms with Crippen LogP contribution in [0.15, 0.2) is 4.99 Å². The minimum atomic E-state index is 0.252. The van der Waals surface area contributed by atoms with Gasteiger partial charge in [-0.25, -0.2) is 0 Å². The molecule has 1 saturated carbocycles. The van der Waals surface area contributed by atoms with Gasteiger partial charge >= 0.3 is 0 Å².